The molecule has 0 unspecified atom stereocenters. The Kier molecular flexibility index (Phi) is 6.19. The number of alkyl carbamates (subject to hydrolysis) is 1. The number of phenolic OH excluding ortho intramolecular Hbond substituents is 1. The summed E-state index contributed by atoms with van der Waals surface area (Å²) in [6.45, 7) is 1.47. The van der Waals surface area contributed by atoms with Crippen LogP contribution < -0.4 is 15.5 Å². The number of nitrogens with one attached hydrogen (secondary N) is 1. The van der Waals surface area contributed by atoms with Crippen LogP contribution in [-0.4, -0.2) is 23.2 Å². The van der Waals surface area contributed by atoms with E-state index < -0.39 is 29.3 Å². The van der Waals surface area contributed by atoms with Crippen LogP contribution in [0.5, 0.6) is 11.5 Å². The third-order valence-electron chi connectivity index (χ3n) is 4.81. The number of halogens is 1. The molecule has 9 heteroatoms. The van der Waals surface area contributed by atoms with E-state index in [1.807, 2.05) is 18.2 Å². The monoisotopic (exact) mass is 467 g/mol. The summed E-state index contributed by atoms with van der Waals surface area (Å²) in [6, 6.07) is 15.0. The minimum atomic E-state index is -1.04. The number of benzene rings is 3. The third kappa shape index (κ3) is 4.91. The lowest BCUT2D eigenvalue weighted by Crippen LogP contribution is -2.41. The first-order valence-electron chi connectivity index (χ1n) is 9.90. The van der Waals surface area contributed by atoms with Gasteiger partial charge >= 0.3 is 12.1 Å². The topological polar surface area (TPSA) is 115 Å². The Balaban J connectivity index is 1.48. The van der Waals surface area contributed by atoms with Gasteiger partial charge in [0.1, 0.15) is 40.7 Å². The van der Waals surface area contributed by atoms with Crippen LogP contribution in [0.3, 0.4) is 0 Å². The van der Waals surface area contributed by atoms with E-state index in [9.17, 15) is 19.5 Å². The Bertz CT molecular complexity index is 1420. The van der Waals surface area contributed by atoms with Crippen LogP contribution in [0.4, 0.5) is 4.79 Å². The minimum Gasteiger partial charge on any atom is -0.507 e. The minimum absolute atomic E-state index is 0.0282. The molecular formula is C24H18ClNO7. The second kappa shape index (κ2) is 9.22. The lowest BCUT2D eigenvalue weighted by Gasteiger charge is -2.14. The molecule has 0 radical (unpaired) electrons. The molecule has 0 saturated heterocycles. The molecule has 8 nitrogen and oxygen atoms in total. The fourth-order valence-electron chi connectivity index (χ4n) is 3.17. The molecule has 168 valence electrons. The molecule has 1 aromatic heterocycles. The van der Waals surface area contributed by atoms with Crippen molar-refractivity contribution < 1.29 is 28.6 Å². The largest absolute Gasteiger partial charge is 0.507 e. The number of carbonyl (C=O) groups excluding carboxylic acids is 2. The molecule has 4 aromatic rings. The van der Waals surface area contributed by atoms with Crippen molar-refractivity contribution in [3.05, 3.63) is 81.5 Å². The second-order valence-electron chi connectivity index (χ2n) is 7.24. The number of ether oxygens (including phenoxy) is 2. The molecule has 0 aliphatic rings. The summed E-state index contributed by atoms with van der Waals surface area (Å²) >= 11 is 5.94. The number of amides is 1. The molecule has 3 aromatic carbocycles. The average Bonchev–Trinajstić information content (AvgIpc) is 2.78. The lowest BCUT2D eigenvalue weighted by molar-refractivity contribution is -0.136. The van der Waals surface area contributed by atoms with Crippen molar-refractivity contribution in [2.45, 2.75) is 19.6 Å². The zero-order chi connectivity index (χ0) is 23.5. The predicted octanol–water partition coefficient (Wildman–Crippen LogP) is 4.53. The summed E-state index contributed by atoms with van der Waals surface area (Å²) in [5, 5.41) is 13.2. The Labute approximate surface area is 192 Å². The van der Waals surface area contributed by atoms with Gasteiger partial charge in [0, 0.05) is 17.2 Å². The van der Waals surface area contributed by atoms with Crippen LogP contribution in [0.1, 0.15) is 12.5 Å². The van der Waals surface area contributed by atoms with Gasteiger partial charge in [-0.3, -0.25) is 4.79 Å². The number of aromatic hydroxyl groups is 1. The first-order chi connectivity index (χ1) is 15.8. The van der Waals surface area contributed by atoms with E-state index >= 15 is 0 Å². The highest BCUT2D eigenvalue weighted by molar-refractivity contribution is 6.31. The van der Waals surface area contributed by atoms with Crippen molar-refractivity contribution in [1.29, 1.82) is 0 Å². The van der Waals surface area contributed by atoms with E-state index in [2.05, 4.69) is 5.32 Å². The van der Waals surface area contributed by atoms with Crippen molar-refractivity contribution in [1.82, 2.24) is 5.32 Å². The normalized spacial score (nSPS) is 11.8. The van der Waals surface area contributed by atoms with Crippen molar-refractivity contribution in [2.75, 3.05) is 0 Å². The molecule has 0 aliphatic heterocycles. The third-order valence-corrected chi connectivity index (χ3v) is 5.04. The zero-order valence-corrected chi connectivity index (χ0v) is 18.1. The number of esters is 1. The fourth-order valence-corrected chi connectivity index (χ4v) is 3.34. The summed E-state index contributed by atoms with van der Waals surface area (Å²) in [7, 11) is 0. The highest BCUT2D eigenvalue weighted by Gasteiger charge is 2.21. The van der Waals surface area contributed by atoms with Gasteiger partial charge < -0.3 is 24.3 Å². The number of carbonyl (C=O) groups is 2. The molecule has 0 aliphatic carbocycles. The van der Waals surface area contributed by atoms with Crippen LogP contribution in [0.15, 0.2) is 69.9 Å². The van der Waals surface area contributed by atoms with Gasteiger partial charge in [-0.25, -0.2) is 9.59 Å². The van der Waals surface area contributed by atoms with Gasteiger partial charge in [-0.05, 0) is 30.7 Å². The van der Waals surface area contributed by atoms with E-state index in [0.717, 1.165) is 11.6 Å². The van der Waals surface area contributed by atoms with Gasteiger partial charge in [0.25, 0.3) is 0 Å². The number of hydrogen-bond acceptors (Lipinski definition) is 7. The van der Waals surface area contributed by atoms with Gasteiger partial charge in [0.15, 0.2) is 0 Å². The SMILES string of the molecule is C[C@@H](NC(=O)OCc1ccccc1)C(=O)Oc1cc(O)c2c(=O)c3cc(Cl)ccc3oc2c1. The highest BCUT2D eigenvalue weighted by Crippen LogP contribution is 2.31. The van der Waals surface area contributed by atoms with Gasteiger partial charge in [0.05, 0.1) is 5.39 Å². The Hall–Kier alpha value is -4.04. The smallest absolute Gasteiger partial charge is 0.408 e. The first kappa shape index (κ1) is 22.2. The molecular weight excluding hydrogens is 450 g/mol. The van der Waals surface area contributed by atoms with E-state index in [-0.39, 0.29) is 34.3 Å². The second-order valence-corrected chi connectivity index (χ2v) is 7.67. The van der Waals surface area contributed by atoms with Gasteiger partial charge in [-0.2, -0.15) is 0 Å². The van der Waals surface area contributed by atoms with Crippen LogP contribution in [0, 0.1) is 0 Å². The summed E-state index contributed by atoms with van der Waals surface area (Å²) in [4.78, 5) is 37.1. The lowest BCUT2D eigenvalue weighted by atomic mass is 10.1. The summed E-state index contributed by atoms with van der Waals surface area (Å²) < 4.78 is 16.0. The molecule has 1 atom stereocenters. The van der Waals surface area contributed by atoms with E-state index in [1.54, 1.807) is 18.2 Å². The molecule has 4 rings (SSSR count). The maximum Gasteiger partial charge on any atom is 0.408 e. The average molecular weight is 468 g/mol. The summed E-state index contributed by atoms with van der Waals surface area (Å²) in [5.74, 6) is -1.29. The highest BCUT2D eigenvalue weighted by atomic mass is 35.5. The van der Waals surface area contributed by atoms with E-state index in [1.165, 1.54) is 25.1 Å². The maximum absolute atomic E-state index is 12.7. The summed E-state index contributed by atoms with van der Waals surface area (Å²) in [6.07, 6.45) is -0.791. The molecule has 1 amide bonds. The molecule has 0 saturated carbocycles. The zero-order valence-electron chi connectivity index (χ0n) is 17.3. The molecule has 1 heterocycles. The van der Waals surface area contributed by atoms with Crippen molar-refractivity contribution in [3.63, 3.8) is 0 Å². The van der Waals surface area contributed by atoms with Crippen LogP contribution in [0.25, 0.3) is 21.9 Å². The van der Waals surface area contributed by atoms with Crippen molar-refractivity contribution in [2.24, 2.45) is 0 Å². The fraction of sp³-hybridized carbons (Fsp3) is 0.125. The van der Waals surface area contributed by atoms with Gasteiger partial charge in [0.2, 0.25) is 5.43 Å². The van der Waals surface area contributed by atoms with Crippen LogP contribution >= 0.6 is 11.6 Å². The molecule has 33 heavy (non-hydrogen) atoms. The van der Waals surface area contributed by atoms with Crippen LogP contribution in [-0.2, 0) is 16.1 Å². The first-order valence-corrected chi connectivity index (χ1v) is 10.3. The number of hydrogen-bond donors (Lipinski definition) is 2. The molecule has 2 N–H and O–H groups in total. The molecule has 0 bridgehead atoms. The number of rotatable bonds is 5. The van der Waals surface area contributed by atoms with E-state index in [4.69, 9.17) is 25.5 Å². The Morgan fingerprint density at radius 3 is 2.61 bits per heavy atom. The quantitative estimate of drug-likeness (QED) is 0.252. The number of phenols is 1. The standard InChI is InChI=1S/C24H18ClNO7/c1-13(26-24(30)31-12-14-5-3-2-4-6-14)23(29)32-16-10-18(27)21-20(11-16)33-19-8-7-15(25)9-17(19)22(21)28/h2-11,13,27H,12H2,1H3,(H,26,30)/t13-/m1/s1. The van der Waals surface area contributed by atoms with Crippen molar-refractivity contribution >= 4 is 45.6 Å². The number of fused-ring (bicyclic) bond motifs is 2. The molecule has 0 fully saturated rings. The molecule has 0 spiro atoms. The van der Waals surface area contributed by atoms with Crippen molar-refractivity contribution in [3.8, 4) is 11.5 Å². The van der Waals surface area contributed by atoms with E-state index in [0.29, 0.717) is 5.02 Å². The Morgan fingerprint density at radius 1 is 1.09 bits per heavy atom. The van der Waals surface area contributed by atoms with Gasteiger partial charge in [-0.15, -0.1) is 0 Å². The van der Waals surface area contributed by atoms with Crippen LogP contribution in [0.2, 0.25) is 5.02 Å². The maximum atomic E-state index is 12.7. The summed E-state index contributed by atoms with van der Waals surface area (Å²) in [5.41, 5.74) is 0.614. The Morgan fingerprint density at radius 2 is 1.85 bits per heavy atom. The predicted molar refractivity (Wildman–Crippen MR) is 122 cm³/mol. The van der Waals surface area contributed by atoms with Gasteiger partial charge in [-0.1, -0.05) is 41.9 Å².